The van der Waals surface area contributed by atoms with Gasteiger partial charge in [-0.05, 0) is 17.7 Å². The molecule has 4 aromatic rings. The average molecular weight is 319 g/mol. The van der Waals surface area contributed by atoms with E-state index in [1.165, 1.54) is 11.3 Å². The molecule has 23 heavy (non-hydrogen) atoms. The van der Waals surface area contributed by atoms with E-state index in [1.54, 1.807) is 0 Å². The molecule has 0 atom stereocenters. The standard InChI is InChI=1S/C18H13N3OS/c19-18(22)17-16(13(11-23-17)12-6-2-1-3-7-12)14-10-21-9-5-4-8-15(21)20-14/h1-11H,(H2,19,22). The van der Waals surface area contributed by atoms with Crippen LogP contribution in [-0.2, 0) is 0 Å². The molecular formula is C18H13N3OS. The fourth-order valence-electron chi connectivity index (χ4n) is 2.68. The van der Waals surface area contributed by atoms with Crippen LogP contribution in [0.15, 0.2) is 66.3 Å². The summed E-state index contributed by atoms with van der Waals surface area (Å²) in [6.07, 6.45) is 3.86. The van der Waals surface area contributed by atoms with E-state index in [9.17, 15) is 4.79 Å². The summed E-state index contributed by atoms with van der Waals surface area (Å²) in [6.45, 7) is 0. The maximum absolute atomic E-state index is 11.9. The van der Waals surface area contributed by atoms with Crippen molar-refractivity contribution >= 4 is 22.9 Å². The molecule has 0 aliphatic carbocycles. The fourth-order valence-corrected chi connectivity index (χ4v) is 3.62. The van der Waals surface area contributed by atoms with Gasteiger partial charge in [-0.1, -0.05) is 36.4 Å². The Hall–Kier alpha value is -2.92. The Morgan fingerprint density at radius 2 is 1.87 bits per heavy atom. The normalized spacial score (nSPS) is 11.0. The molecule has 4 rings (SSSR count). The van der Waals surface area contributed by atoms with Crippen LogP contribution in [0.5, 0.6) is 0 Å². The number of primary amides is 1. The summed E-state index contributed by atoms with van der Waals surface area (Å²) >= 11 is 1.36. The molecule has 1 aromatic carbocycles. The highest BCUT2D eigenvalue weighted by atomic mass is 32.1. The maximum Gasteiger partial charge on any atom is 0.259 e. The van der Waals surface area contributed by atoms with Gasteiger partial charge in [0.05, 0.1) is 5.69 Å². The Labute approximate surface area is 136 Å². The second-order valence-electron chi connectivity index (χ2n) is 5.18. The molecule has 2 N–H and O–H groups in total. The number of benzene rings is 1. The summed E-state index contributed by atoms with van der Waals surface area (Å²) in [4.78, 5) is 17.0. The molecule has 0 spiro atoms. The van der Waals surface area contributed by atoms with Crippen molar-refractivity contribution in [3.8, 4) is 22.4 Å². The number of aromatic nitrogens is 2. The lowest BCUT2D eigenvalue weighted by Gasteiger charge is -2.03. The third kappa shape index (κ3) is 2.31. The molecule has 112 valence electrons. The first-order chi connectivity index (χ1) is 11.2. The Bertz CT molecular complexity index is 968. The van der Waals surface area contributed by atoms with Crippen molar-refractivity contribution in [3.63, 3.8) is 0 Å². The Balaban J connectivity index is 1.99. The van der Waals surface area contributed by atoms with E-state index in [4.69, 9.17) is 5.73 Å². The number of fused-ring (bicyclic) bond motifs is 1. The van der Waals surface area contributed by atoms with Gasteiger partial charge in [0.15, 0.2) is 0 Å². The van der Waals surface area contributed by atoms with Gasteiger partial charge in [0.25, 0.3) is 5.91 Å². The summed E-state index contributed by atoms with van der Waals surface area (Å²) in [5.74, 6) is -0.427. The van der Waals surface area contributed by atoms with Crippen LogP contribution in [0, 0.1) is 0 Å². The van der Waals surface area contributed by atoms with Crippen LogP contribution >= 0.6 is 11.3 Å². The second kappa shape index (κ2) is 5.37. The molecule has 0 bridgehead atoms. The zero-order valence-electron chi connectivity index (χ0n) is 12.1. The smallest absolute Gasteiger partial charge is 0.259 e. The van der Waals surface area contributed by atoms with Crippen molar-refractivity contribution in [2.75, 3.05) is 0 Å². The molecule has 3 aromatic heterocycles. The van der Waals surface area contributed by atoms with Gasteiger partial charge in [0.1, 0.15) is 10.5 Å². The van der Waals surface area contributed by atoms with Gasteiger partial charge in [-0.25, -0.2) is 4.98 Å². The first-order valence-electron chi connectivity index (χ1n) is 7.15. The molecule has 0 aliphatic heterocycles. The quantitative estimate of drug-likeness (QED) is 0.624. The molecule has 0 saturated heterocycles. The maximum atomic E-state index is 11.9. The van der Waals surface area contributed by atoms with Gasteiger partial charge < -0.3 is 10.1 Å². The first kappa shape index (κ1) is 13.7. The van der Waals surface area contributed by atoms with Crippen LogP contribution in [-0.4, -0.2) is 15.3 Å². The zero-order chi connectivity index (χ0) is 15.8. The number of nitrogens with zero attached hydrogens (tertiary/aromatic N) is 2. The van der Waals surface area contributed by atoms with E-state index < -0.39 is 5.91 Å². The third-order valence-electron chi connectivity index (χ3n) is 3.72. The first-order valence-corrected chi connectivity index (χ1v) is 8.03. The molecular weight excluding hydrogens is 306 g/mol. The van der Waals surface area contributed by atoms with Gasteiger partial charge in [-0.2, -0.15) is 0 Å². The highest BCUT2D eigenvalue weighted by Crippen LogP contribution is 2.38. The Morgan fingerprint density at radius 3 is 2.61 bits per heavy atom. The minimum atomic E-state index is -0.427. The summed E-state index contributed by atoms with van der Waals surface area (Å²) in [7, 11) is 0. The van der Waals surface area contributed by atoms with Crippen LogP contribution in [0.25, 0.3) is 28.0 Å². The molecule has 0 unspecified atom stereocenters. The van der Waals surface area contributed by atoms with Gasteiger partial charge in [0.2, 0.25) is 0 Å². The predicted octanol–water partition coefficient (Wildman–Crippen LogP) is 3.83. The van der Waals surface area contributed by atoms with E-state index in [2.05, 4.69) is 4.98 Å². The minimum absolute atomic E-state index is 0.427. The topological polar surface area (TPSA) is 60.4 Å². The van der Waals surface area contributed by atoms with Crippen LogP contribution in [0.4, 0.5) is 0 Å². The number of imidazole rings is 1. The van der Waals surface area contributed by atoms with Crippen molar-refractivity contribution < 1.29 is 4.79 Å². The molecule has 0 aliphatic rings. The minimum Gasteiger partial charge on any atom is -0.365 e. The highest BCUT2D eigenvalue weighted by Gasteiger charge is 2.20. The van der Waals surface area contributed by atoms with Crippen molar-refractivity contribution in [3.05, 3.63) is 71.2 Å². The number of rotatable bonds is 3. The van der Waals surface area contributed by atoms with Crippen LogP contribution in [0.2, 0.25) is 0 Å². The Morgan fingerprint density at radius 1 is 1.09 bits per heavy atom. The summed E-state index contributed by atoms with van der Waals surface area (Å²) in [5, 5.41) is 1.97. The van der Waals surface area contributed by atoms with Crippen molar-refractivity contribution in [1.29, 1.82) is 0 Å². The molecule has 0 fully saturated rings. The van der Waals surface area contributed by atoms with E-state index in [-0.39, 0.29) is 0 Å². The predicted molar refractivity (Wildman–Crippen MR) is 92.5 cm³/mol. The van der Waals surface area contributed by atoms with E-state index in [1.807, 2.05) is 70.7 Å². The number of hydrogen-bond donors (Lipinski definition) is 1. The monoisotopic (exact) mass is 319 g/mol. The summed E-state index contributed by atoms with van der Waals surface area (Å²) in [5.41, 5.74) is 9.99. The van der Waals surface area contributed by atoms with Crippen molar-refractivity contribution in [2.45, 2.75) is 0 Å². The molecule has 0 radical (unpaired) electrons. The third-order valence-corrected chi connectivity index (χ3v) is 4.71. The number of nitrogens with two attached hydrogens (primary N) is 1. The van der Waals surface area contributed by atoms with Gasteiger partial charge in [-0.3, -0.25) is 4.79 Å². The average Bonchev–Trinajstić information content (AvgIpc) is 3.19. The lowest BCUT2D eigenvalue weighted by molar-refractivity contribution is 0.100. The summed E-state index contributed by atoms with van der Waals surface area (Å²) < 4.78 is 1.94. The zero-order valence-corrected chi connectivity index (χ0v) is 13.0. The number of pyridine rings is 1. The number of amides is 1. The van der Waals surface area contributed by atoms with Crippen LogP contribution in [0.1, 0.15) is 9.67 Å². The fraction of sp³-hybridized carbons (Fsp3) is 0. The largest absolute Gasteiger partial charge is 0.365 e. The molecule has 1 amide bonds. The van der Waals surface area contributed by atoms with Gasteiger partial charge in [0, 0.05) is 28.9 Å². The number of hydrogen-bond acceptors (Lipinski definition) is 3. The summed E-state index contributed by atoms with van der Waals surface area (Å²) in [6, 6.07) is 15.8. The highest BCUT2D eigenvalue weighted by molar-refractivity contribution is 7.13. The number of carbonyl (C=O) groups is 1. The molecule has 4 nitrogen and oxygen atoms in total. The van der Waals surface area contributed by atoms with Crippen LogP contribution in [0.3, 0.4) is 0 Å². The van der Waals surface area contributed by atoms with E-state index >= 15 is 0 Å². The Kier molecular flexibility index (Phi) is 3.20. The molecule has 3 heterocycles. The second-order valence-corrected chi connectivity index (χ2v) is 6.06. The lowest BCUT2D eigenvalue weighted by Crippen LogP contribution is -2.10. The lowest BCUT2D eigenvalue weighted by atomic mass is 10.0. The van der Waals surface area contributed by atoms with Gasteiger partial charge in [-0.15, -0.1) is 11.3 Å². The SMILES string of the molecule is NC(=O)c1scc(-c2ccccc2)c1-c1cn2ccccc2n1. The van der Waals surface area contributed by atoms with Crippen LogP contribution < -0.4 is 5.73 Å². The van der Waals surface area contributed by atoms with Gasteiger partial charge >= 0.3 is 0 Å². The van der Waals surface area contributed by atoms with Crippen molar-refractivity contribution in [1.82, 2.24) is 9.38 Å². The van der Waals surface area contributed by atoms with Crippen molar-refractivity contribution in [2.24, 2.45) is 5.73 Å². The molecule has 0 saturated carbocycles. The van der Waals surface area contributed by atoms with E-state index in [0.29, 0.717) is 4.88 Å². The number of carbonyl (C=O) groups excluding carboxylic acids is 1. The number of thiophene rings is 1. The molecule has 5 heteroatoms. The van der Waals surface area contributed by atoms with E-state index in [0.717, 1.165) is 28.0 Å².